The summed E-state index contributed by atoms with van der Waals surface area (Å²) in [5, 5.41) is 7.27. The van der Waals surface area contributed by atoms with Crippen LogP contribution in [0.2, 0.25) is 0 Å². The second-order valence-electron chi connectivity index (χ2n) is 6.72. The second kappa shape index (κ2) is 8.10. The number of hydrogen-bond donors (Lipinski definition) is 1. The number of oxime groups is 1. The van der Waals surface area contributed by atoms with Crippen LogP contribution in [0.1, 0.15) is 29.7 Å². The van der Waals surface area contributed by atoms with Crippen LogP contribution >= 0.6 is 0 Å². The molecule has 0 spiro atoms. The Morgan fingerprint density at radius 3 is 2.72 bits per heavy atom. The van der Waals surface area contributed by atoms with E-state index in [1.165, 1.54) is 7.11 Å². The largest absolute Gasteiger partial charge is 0.399 e. The molecule has 0 aliphatic heterocycles. The number of nitrogens with zero attached hydrogens (tertiary/aromatic N) is 5. The van der Waals surface area contributed by atoms with E-state index in [0.29, 0.717) is 5.95 Å². The topological polar surface area (TPSA) is 76.7 Å². The van der Waals surface area contributed by atoms with Crippen LogP contribution in [0.5, 0.6) is 0 Å². The van der Waals surface area contributed by atoms with Crippen LogP contribution in [0.4, 0.5) is 5.95 Å². The third kappa shape index (κ3) is 3.80. The molecule has 4 aromatic rings. The Kier molecular flexibility index (Phi) is 5.20. The summed E-state index contributed by atoms with van der Waals surface area (Å²) < 4.78 is 2.02. The van der Waals surface area contributed by atoms with Crippen molar-refractivity contribution in [3.63, 3.8) is 0 Å². The molecule has 146 valence electrons. The van der Waals surface area contributed by atoms with E-state index < -0.39 is 0 Å². The van der Waals surface area contributed by atoms with Gasteiger partial charge in [-0.15, -0.1) is 0 Å². The van der Waals surface area contributed by atoms with Crippen molar-refractivity contribution in [2.45, 2.75) is 19.9 Å². The minimum Gasteiger partial charge on any atom is -0.399 e. The van der Waals surface area contributed by atoms with Gasteiger partial charge in [0.25, 0.3) is 0 Å². The zero-order valence-corrected chi connectivity index (χ0v) is 16.6. The predicted molar refractivity (Wildman–Crippen MR) is 114 cm³/mol. The standard InChI is InChI=1S/C22H22N6O/c1-15-8-7-11-28-19(14-23-21(15)28)20-18(13-25-29-3)12-24-22(27-20)26-16(2)17-9-5-4-6-10-17/h4-14,16H,1-3H3,(H,24,26,27)/t16-/m0/s1. The molecule has 0 fully saturated rings. The molecule has 0 amide bonds. The van der Waals surface area contributed by atoms with Crippen molar-refractivity contribution in [3.8, 4) is 11.4 Å². The summed E-state index contributed by atoms with van der Waals surface area (Å²) in [6.45, 7) is 4.12. The van der Waals surface area contributed by atoms with Gasteiger partial charge in [0.15, 0.2) is 0 Å². The van der Waals surface area contributed by atoms with Gasteiger partial charge in [-0.3, -0.25) is 4.40 Å². The van der Waals surface area contributed by atoms with Crippen molar-refractivity contribution in [2.75, 3.05) is 12.4 Å². The number of benzene rings is 1. The Balaban J connectivity index is 1.77. The smallest absolute Gasteiger partial charge is 0.223 e. The lowest BCUT2D eigenvalue weighted by Crippen LogP contribution is -2.11. The molecule has 0 bridgehead atoms. The third-order valence-electron chi connectivity index (χ3n) is 4.73. The van der Waals surface area contributed by atoms with E-state index in [1.54, 1.807) is 12.4 Å². The number of pyridine rings is 1. The van der Waals surface area contributed by atoms with Gasteiger partial charge in [-0.1, -0.05) is 41.6 Å². The maximum Gasteiger partial charge on any atom is 0.223 e. The number of nitrogens with one attached hydrogen (secondary N) is 1. The van der Waals surface area contributed by atoms with Crippen LogP contribution < -0.4 is 5.32 Å². The van der Waals surface area contributed by atoms with Crippen LogP contribution in [0.15, 0.2) is 66.2 Å². The van der Waals surface area contributed by atoms with Crippen molar-refractivity contribution in [2.24, 2.45) is 5.16 Å². The van der Waals surface area contributed by atoms with Crippen molar-refractivity contribution >= 4 is 17.8 Å². The van der Waals surface area contributed by atoms with Crippen LogP contribution in [0.25, 0.3) is 17.0 Å². The van der Waals surface area contributed by atoms with Gasteiger partial charge in [0.1, 0.15) is 18.5 Å². The second-order valence-corrected chi connectivity index (χ2v) is 6.72. The highest BCUT2D eigenvalue weighted by atomic mass is 16.6. The highest BCUT2D eigenvalue weighted by molar-refractivity contribution is 5.88. The van der Waals surface area contributed by atoms with E-state index in [0.717, 1.165) is 33.7 Å². The molecular formula is C22H22N6O. The first-order valence-electron chi connectivity index (χ1n) is 9.35. The predicted octanol–water partition coefficient (Wildman–Crippen LogP) is 4.25. The molecule has 4 rings (SSSR count). The molecular weight excluding hydrogens is 364 g/mol. The van der Waals surface area contributed by atoms with E-state index in [2.05, 4.69) is 39.5 Å². The maximum atomic E-state index is 4.85. The summed E-state index contributed by atoms with van der Waals surface area (Å²) in [4.78, 5) is 18.7. The minimum atomic E-state index is 0.0620. The molecule has 7 heteroatoms. The fourth-order valence-corrected chi connectivity index (χ4v) is 3.22. The first kappa shape index (κ1) is 18.6. The molecule has 1 aromatic carbocycles. The summed E-state index contributed by atoms with van der Waals surface area (Å²) in [6.07, 6.45) is 7.14. The molecule has 7 nitrogen and oxygen atoms in total. The average molecular weight is 386 g/mol. The molecule has 0 aliphatic rings. The SMILES string of the molecule is CON=Cc1cnc(N[C@@H](C)c2ccccc2)nc1-c1cnc2c(C)cccn12. The third-order valence-corrected chi connectivity index (χ3v) is 4.73. The minimum absolute atomic E-state index is 0.0620. The molecule has 0 radical (unpaired) electrons. The zero-order valence-electron chi connectivity index (χ0n) is 16.6. The molecule has 0 unspecified atom stereocenters. The van der Waals surface area contributed by atoms with Crippen LogP contribution in [0.3, 0.4) is 0 Å². The Bertz CT molecular complexity index is 1150. The average Bonchev–Trinajstić information content (AvgIpc) is 3.19. The normalized spacial score (nSPS) is 12.4. The lowest BCUT2D eigenvalue weighted by molar-refractivity contribution is 0.215. The molecule has 3 aromatic heterocycles. The van der Waals surface area contributed by atoms with Crippen molar-refractivity contribution in [1.82, 2.24) is 19.4 Å². The van der Waals surface area contributed by atoms with Crippen LogP contribution in [-0.4, -0.2) is 32.7 Å². The first-order chi connectivity index (χ1) is 14.2. The Labute approximate surface area is 169 Å². The highest BCUT2D eigenvalue weighted by Gasteiger charge is 2.15. The monoisotopic (exact) mass is 386 g/mol. The first-order valence-corrected chi connectivity index (χ1v) is 9.35. The van der Waals surface area contributed by atoms with E-state index in [-0.39, 0.29) is 6.04 Å². The fourth-order valence-electron chi connectivity index (χ4n) is 3.22. The van der Waals surface area contributed by atoms with Crippen molar-refractivity contribution in [3.05, 3.63) is 77.7 Å². The van der Waals surface area contributed by atoms with E-state index in [4.69, 9.17) is 9.82 Å². The van der Waals surface area contributed by atoms with Gasteiger partial charge in [-0.2, -0.15) is 0 Å². The van der Waals surface area contributed by atoms with Gasteiger partial charge in [-0.25, -0.2) is 15.0 Å². The summed E-state index contributed by atoms with van der Waals surface area (Å²) in [7, 11) is 1.51. The van der Waals surface area contributed by atoms with Gasteiger partial charge >= 0.3 is 0 Å². The van der Waals surface area contributed by atoms with Crippen LogP contribution in [0, 0.1) is 6.92 Å². The van der Waals surface area contributed by atoms with Crippen molar-refractivity contribution in [1.29, 1.82) is 0 Å². The van der Waals surface area contributed by atoms with Gasteiger partial charge < -0.3 is 10.2 Å². The number of aryl methyl sites for hydroxylation is 1. The van der Waals surface area contributed by atoms with Crippen LogP contribution in [-0.2, 0) is 4.84 Å². The van der Waals surface area contributed by atoms with E-state index >= 15 is 0 Å². The molecule has 1 atom stereocenters. The quantitative estimate of drug-likeness (QED) is 0.396. The number of aromatic nitrogens is 4. The number of hydrogen-bond acceptors (Lipinski definition) is 6. The zero-order chi connectivity index (χ0) is 20.2. The van der Waals surface area contributed by atoms with Gasteiger partial charge in [0.05, 0.1) is 24.1 Å². The highest BCUT2D eigenvalue weighted by Crippen LogP contribution is 2.25. The molecule has 0 aliphatic carbocycles. The number of rotatable bonds is 6. The maximum absolute atomic E-state index is 4.85. The van der Waals surface area contributed by atoms with Crippen molar-refractivity contribution < 1.29 is 4.84 Å². The lowest BCUT2D eigenvalue weighted by Gasteiger charge is -2.15. The van der Waals surface area contributed by atoms with Gasteiger partial charge in [-0.05, 0) is 31.0 Å². The summed E-state index contributed by atoms with van der Waals surface area (Å²) in [6, 6.07) is 14.3. The number of imidazole rings is 1. The molecule has 1 N–H and O–H groups in total. The van der Waals surface area contributed by atoms with E-state index in [9.17, 15) is 0 Å². The summed E-state index contributed by atoms with van der Waals surface area (Å²) >= 11 is 0. The molecule has 29 heavy (non-hydrogen) atoms. The summed E-state index contributed by atoms with van der Waals surface area (Å²) in [5.41, 5.74) is 5.47. The fraction of sp³-hybridized carbons (Fsp3) is 0.182. The number of fused-ring (bicyclic) bond motifs is 1. The lowest BCUT2D eigenvalue weighted by atomic mass is 10.1. The Morgan fingerprint density at radius 1 is 1.10 bits per heavy atom. The molecule has 0 saturated heterocycles. The molecule has 3 heterocycles. The van der Waals surface area contributed by atoms with E-state index in [1.807, 2.05) is 54.0 Å². The number of anilines is 1. The summed E-state index contributed by atoms with van der Waals surface area (Å²) in [5.74, 6) is 0.536. The van der Waals surface area contributed by atoms with Gasteiger partial charge in [0.2, 0.25) is 5.95 Å². The van der Waals surface area contributed by atoms with Gasteiger partial charge in [0, 0.05) is 18.0 Å². The Morgan fingerprint density at radius 2 is 1.93 bits per heavy atom. The Hall–Kier alpha value is -3.74. The molecule has 0 saturated carbocycles.